The zero-order valence-corrected chi connectivity index (χ0v) is 14.3. The van der Waals surface area contributed by atoms with Crippen LogP contribution in [0.5, 0.6) is 0 Å². The fourth-order valence-electron chi connectivity index (χ4n) is 1.65. The third-order valence-corrected chi connectivity index (χ3v) is 3.94. The lowest BCUT2D eigenvalue weighted by Crippen LogP contribution is -2.36. The number of fused-ring (bicyclic) bond motifs is 1. The lowest BCUT2D eigenvalue weighted by Gasteiger charge is -2.21. The van der Waals surface area contributed by atoms with E-state index in [-0.39, 0.29) is 11.5 Å². The highest BCUT2D eigenvalue weighted by Gasteiger charge is 2.10. The van der Waals surface area contributed by atoms with E-state index in [1.54, 1.807) is 18.2 Å². The fraction of sp³-hybridized carbons (Fsp3) is 0.429. The van der Waals surface area contributed by atoms with E-state index in [4.69, 9.17) is 16.7 Å². The number of halogens is 1. The SMILES string of the molecule is C[N+](C)(C)CCO.O=C([O-])Cn1c(=O)sc2cccc(Cl)c21. The number of aromatic nitrogens is 1. The molecule has 0 unspecified atom stereocenters. The van der Waals surface area contributed by atoms with Crippen LogP contribution < -0.4 is 9.98 Å². The minimum Gasteiger partial charge on any atom is -0.548 e. The van der Waals surface area contributed by atoms with Gasteiger partial charge in [-0.05, 0) is 12.1 Å². The zero-order valence-electron chi connectivity index (χ0n) is 12.7. The summed E-state index contributed by atoms with van der Waals surface area (Å²) in [6.45, 7) is 0.645. The minimum absolute atomic E-state index is 0.281. The average Bonchev–Trinajstić information content (AvgIpc) is 2.66. The van der Waals surface area contributed by atoms with Crippen molar-refractivity contribution in [2.45, 2.75) is 6.54 Å². The first-order chi connectivity index (χ1) is 10.2. The molecule has 0 fully saturated rings. The second kappa shape index (κ2) is 7.73. The summed E-state index contributed by atoms with van der Waals surface area (Å²) >= 11 is 6.86. The molecule has 1 heterocycles. The number of hydrogen-bond donors (Lipinski definition) is 1. The summed E-state index contributed by atoms with van der Waals surface area (Å²) < 4.78 is 2.63. The van der Waals surface area contributed by atoms with Gasteiger partial charge in [0.25, 0.3) is 0 Å². The molecule has 0 saturated carbocycles. The van der Waals surface area contributed by atoms with Crippen LogP contribution in [0.3, 0.4) is 0 Å². The van der Waals surface area contributed by atoms with Crippen LogP contribution in [0.25, 0.3) is 10.2 Å². The van der Waals surface area contributed by atoms with Crippen LogP contribution in [0.4, 0.5) is 0 Å². The maximum Gasteiger partial charge on any atom is 0.308 e. The number of hydrogen-bond acceptors (Lipinski definition) is 5. The number of para-hydroxylation sites is 1. The van der Waals surface area contributed by atoms with Crippen molar-refractivity contribution >= 4 is 39.1 Å². The number of carboxylic acids is 1. The highest BCUT2D eigenvalue weighted by molar-refractivity contribution is 7.16. The molecule has 6 nitrogen and oxygen atoms in total. The molecule has 1 aromatic carbocycles. The van der Waals surface area contributed by atoms with Crippen LogP contribution in [-0.4, -0.2) is 54.4 Å². The highest BCUT2D eigenvalue weighted by Crippen LogP contribution is 2.24. The molecule has 0 saturated heterocycles. The predicted molar refractivity (Wildman–Crippen MR) is 86.1 cm³/mol. The third kappa shape index (κ3) is 5.42. The van der Waals surface area contributed by atoms with Gasteiger partial charge in [-0.2, -0.15) is 0 Å². The van der Waals surface area contributed by atoms with Crippen molar-refractivity contribution in [3.8, 4) is 0 Å². The Balaban J connectivity index is 0.000000295. The first-order valence-electron chi connectivity index (χ1n) is 6.54. The molecule has 22 heavy (non-hydrogen) atoms. The monoisotopic (exact) mass is 346 g/mol. The number of likely N-dealkylation sites (N-methyl/N-ethyl adjacent to an activating group) is 1. The normalized spacial score (nSPS) is 11.1. The molecule has 8 heteroatoms. The van der Waals surface area contributed by atoms with E-state index in [2.05, 4.69) is 21.1 Å². The summed E-state index contributed by atoms with van der Waals surface area (Å²) in [5, 5.41) is 19.2. The van der Waals surface area contributed by atoms with E-state index in [1.165, 1.54) is 0 Å². The molecule has 0 aliphatic carbocycles. The predicted octanol–water partition coefficient (Wildman–Crippen LogP) is 0.151. The van der Waals surface area contributed by atoms with E-state index in [1.807, 2.05) is 0 Å². The van der Waals surface area contributed by atoms with Gasteiger partial charge >= 0.3 is 4.87 Å². The second-order valence-corrected chi connectivity index (χ2v) is 7.05. The van der Waals surface area contributed by atoms with Crippen LogP contribution in [0, 0.1) is 0 Å². The van der Waals surface area contributed by atoms with Gasteiger partial charge in [-0.1, -0.05) is 29.0 Å². The van der Waals surface area contributed by atoms with Gasteiger partial charge < -0.3 is 19.5 Å². The number of nitrogens with zero attached hydrogens (tertiary/aromatic N) is 2. The van der Waals surface area contributed by atoms with Crippen molar-refractivity contribution in [2.75, 3.05) is 34.3 Å². The Kier molecular flexibility index (Phi) is 6.55. The summed E-state index contributed by atoms with van der Waals surface area (Å²) in [5.41, 5.74) is 0.457. The van der Waals surface area contributed by atoms with E-state index < -0.39 is 12.5 Å². The first kappa shape index (κ1) is 18.6. The van der Waals surface area contributed by atoms with E-state index >= 15 is 0 Å². The quantitative estimate of drug-likeness (QED) is 0.799. The summed E-state index contributed by atoms with van der Waals surface area (Å²) in [5.74, 6) is -1.31. The zero-order chi connectivity index (χ0) is 16.9. The van der Waals surface area contributed by atoms with Crippen LogP contribution >= 0.6 is 22.9 Å². The molecule has 1 aromatic heterocycles. The molecule has 0 spiro atoms. The lowest BCUT2D eigenvalue weighted by molar-refractivity contribution is -0.870. The molecule has 0 amide bonds. The van der Waals surface area contributed by atoms with Gasteiger partial charge in [0.2, 0.25) is 0 Å². The van der Waals surface area contributed by atoms with Crippen LogP contribution in [0.15, 0.2) is 23.0 Å². The topological polar surface area (TPSA) is 82.4 Å². The average molecular weight is 347 g/mol. The molecule has 1 N–H and O–H groups in total. The minimum atomic E-state index is -1.31. The largest absolute Gasteiger partial charge is 0.548 e. The van der Waals surface area contributed by atoms with E-state index in [9.17, 15) is 14.7 Å². The maximum atomic E-state index is 11.5. The number of quaternary nitrogens is 1. The Morgan fingerprint density at radius 3 is 2.50 bits per heavy atom. The molecule has 2 rings (SSSR count). The van der Waals surface area contributed by atoms with Crippen molar-refractivity contribution in [3.05, 3.63) is 32.9 Å². The molecule has 122 valence electrons. The van der Waals surface area contributed by atoms with E-state index in [0.29, 0.717) is 15.2 Å². The van der Waals surface area contributed by atoms with Gasteiger partial charge in [-0.3, -0.25) is 9.36 Å². The Morgan fingerprint density at radius 2 is 2.05 bits per heavy atom. The van der Waals surface area contributed by atoms with Crippen molar-refractivity contribution in [2.24, 2.45) is 0 Å². The van der Waals surface area contributed by atoms with Gasteiger partial charge in [-0.15, -0.1) is 0 Å². The molecule has 0 bridgehead atoms. The van der Waals surface area contributed by atoms with Gasteiger partial charge in [0.05, 0.1) is 55.5 Å². The van der Waals surface area contributed by atoms with Crippen molar-refractivity contribution in [1.29, 1.82) is 0 Å². The number of carbonyl (C=O) groups excluding carboxylic acids is 1. The highest BCUT2D eigenvalue weighted by atomic mass is 35.5. The fourth-order valence-corrected chi connectivity index (χ4v) is 2.90. The van der Waals surface area contributed by atoms with Crippen LogP contribution in [0.2, 0.25) is 5.02 Å². The summed E-state index contributed by atoms with van der Waals surface area (Å²) in [4.78, 5) is 21.6. The van der Waals surface area contributed by atoms with Gasteiger partial charge in [0.1, 0.15) is 6.54 Å². The number of thiazole rings is 1. The Labute approximate surface area is 137 Å². The number of aliphatic carboxylic acids is 1. The Hall–Kier alpha value is -1.41. The smallest absolute Gasteiger partial charge is 0.308 e. The summed E-state index contributed by atoms with van der Waals surface area (Å²) in [6, 6.07) is 5.05. The molecule has 0 atom stereocenters. The standard InChI is InChI=1S/C9H6ClNO3S.C5H14NO/c10-5-2-1-3-6-8(5)11(4-7(12)13)9(14)15-6;1-6(2,3)4-5-7/h1-3H,4H2,(H,12,13);7H,4-5H2,1-3H3/q;+1/p-1. The van der Waals surface area contributed by atoms with Crippen LogP contribution in [0.1, 0.15) is 0 Å². The number of carbonyl (C=O) groups is 1. The summed E-state index contributed by atoms with van der Waals surface area (Å²) in [7, 11) is 6.16. The number of aliphatic hydroxyl groups is 1. The Morgan fingerprint density at radius 1 is 1.41 bits per heavy atom. The van der Waals surface area contributed by atoms with Gasteiger partial charge in [0.15, 0.2) is 0 Å². The second-order valence-electron chi connectivity index (χ2n) is 5.65. The number of aliphatic hydroxyl groups excluding tert-OH is 1. The van der Waals surface area contributed by atoms with Crippen molar-refractivity contribution < 1.29 is 19.5 Å². The molecule has 2 aromatic rings. The van der Waals surface area contributed by atoms with Crippen molar-refractivity contribution in [3.63, 3.8) is 0 Å². The molecule has 0 radical (unpaired) electrons. The molecular formula is C14H19ClN2O4S. The molecule has 0 aliphatic rings. The molecule has 0 aliphatic heterocycles. The van der Waals surface area contributed by atoms with Gasteiger partial charge in [-0.25, -0.2) is 0 Å². The number of benzene rings is 1. The van der Waals surface area contributed by atoms with E-state index in [0.717, 1.165) is 26.9 Å². The number of rotatable bonds is 4. The van der Waals surface area contributed by atoms with Gasteiger partial charge in [0, 0.05) is 0 Å². The van der Waals surface area contributed by atoms with Crippen molar-refractivity contribution in [1.82, 2.24) is 4.57 Å². The Bertz CT molecular complexity index is 703. The number of carboxylic acid groups (broad SMARTS) is 1. The first-order valence-corrected chi connectivity index (χ1v) is 7.74. The maximum absolute atomic E-state index is 11.5. The lowest BCUT2D eigenvalue weighted by atomic mass is 10.3. The third-order valence-electron chi connectivity index (χ3n) is 2.70. The summed E-state index contributed by atoms with van der Waals surface area (Å²) in [6.07, 6.45) is 0. The van der Waals surface area contributed by atoms with Crippen LogP contribution in [-0.2, 0) is 11.3 Å². The molecular weight excluding hydrogens is 328 g/mol.